The second-order valence-electron chi connectivity index (χ2n) is 4.33. The molecule has 2 N–H and O–H groups in total. The molecule has 0 saturated carbocycles. The molecule has 0 saturated heterocycles. The van der Waals surface area contributed by atoms with Gasteiger partial charge in [0.1, 0.15) is 11.9 Å². The van der Waals surface area contributed by atoms with Crippen LogP contribution in [0.3, 0.4) is 0 Å². The van der Waals surface area contributed by atoms with Gasteiger partial charge in [-0.05, 0) is 24.6 Å². The number of nitrogens with zero attached hydrogens (tertiary/aromatic N) is 3. The zero-order valence-corrected chi connectivity index (χ0v) is 11.4. The Morgan fingerprint density at radius 1 is 1.25 bits per heavy atom. The third-order valence-electron chi connectivity index (χ3n) is 2.78. The van der Waals surface area contributed by atoms with E-state index in [1.807, 2.05) is 18.2 Å². The van der Waals surface area contributed by atoms with Crippen molar-refractivity contribution in [1.29, 1.82) is 5.26 Å². The van der Waals surface area contributed by atoms with Gasteiger partial charge in [-0.15, -0.1) is 0 Å². The second-order valence-corrected chi connectivity index (χ2v) is 4.33. The fourth-order valence-corrected chi connectivity index (χ4v) is 1.72. The lowest BCUT2D eigenvalue weighted by atomic mass is 10.2. The first-order chi connectivity index (χ1) is 9.83. The van der Waals surface area contributed by atoms with Gasteiger partial charge in [0.05, 0.1) is 11.3 Å². The van der Waals surface area contributed by atoms with Crippen molar-refractivity contribution in [2.45, 2.75) is 19.8 Å². The van der Waals surface area contributed by atoms with Gasteiger partial charge >= 0.3 is 0 Å². The number of anilines is 3. The smallest absolute Gasteiger partial charge is 0.224 e. The molecular formula is C15H17N5. The van der Waals surface area contributed by atoms with E-state index in [1.54, 1.807) is 18.3 Å². The highest BCUT2D eigenvalue weighted by Gasteiger charge is 2.03. The van der Waals surface area contributed by atoms with E-state index in [1.165, 1.54) is 0 Å². The van der Waals surface area contributed by atoms with Crippen molar-refractivity contribution in [1.82, 2.24) is 9.97 Å². The molecule has 0 aliphatic rings. The summed E-state index contributed by atoms with van der Waals surface area (Å²) in [5, 5.41) is 15.4. The molecule has 0 aliphatic carbocycles. The lowest BCUT2D eigenvalue weighted by molar-refractivity contribution is 0.826. The lowest BCUT2D eigenvalue weighted by Crippen LogP contribution is -2.06. The Balaban J connectivity index is 2.10. The molecule has 0 radical (unpaired) electrons. The normalized spacial score (nSPS) is 9.80. The quantitative estimate of drug-likeness (QED) is 0.785. The summed E-state index contributed by atoms with van der Waals surface area (Å²) in [7, 11) is 0. The molecule has 0 amide bonds. The Morgan fingerprint density at radius 2 is 2.10 bits per heavy atom. The molecule has 5 heteroatoms. The third-order valence-corrected chi connectivity index (χ3v) is 2.78. The van der Waals surface area contributed by atoms with Crippen LogP contribution >= 0.6 is 0 Å². The van der Waals surface area contributed by atoms with Crippen LogP contribution in [-0.2, 0) is 0 Å². The van der Waals surface area contributed by atoms with E-state index in [9.17, 15) is 0 Å². The molecule has 0 atom stereocenters. The monoisotopic (exact) mass is 267 g/mol. The van der Waals surface area contributed by atoms with Crippen molar-refractivity contribution < 1.29 is 0 Å². The average molecular weight is 267 g/mol. The number of aromatic nitrogens is 2. The Hall–Kier alpha value is -2.61. The summed E-state index contributed by atoms with van der Waals surface area (Å²) in [5.74, 6) is 1.26. The summed E-state index contributed by atoms with van der Waals surface area (Å²) in [6, 6.07) is 11.3. The summed E-state index contributed by atoms with van der Waals surface area (Å²) < 4.78 is 0. The fourth-order valence-electron chi connectivity index (χ4n) is 1.72. The van der Waals surface area contributed by atoms with Gasteiger partial charge in [-0.25, -0.2) is 4.98 Å². The summed E-state index contributed by atoms with van der Waals surface area (Å²) in [6.07, 6.45) is 3.90. The lowest BCUT2D eigenvalue weighted by Gasteiger charge is -2.09. The molecule has 20 heavy (non-hydrogen) atoms. The minimum absolute atomic E-state index is 0.589. The Labute approximate surface area is 118 Å². The van der Waals surface area contributed by atoms with Crippen molar-refractivity contribution in [2.24, 2.45) is 0 Å². The number of hydrogen-bond donors (Lipinski definition) is 2. The van der Waals surface area contributed by atoms with Gasteiger partial charge in [-0.2, -0.15) is 10.2 Å². The number of para-hydroxylation sites is 1. The molecule has 1 heterocycles. The highest BCUT2D eigenvalue weighted by Crippen LogP contribution is 2.19. The van der Waals surface area contributed by atoms with Crippen molar-refractivity contribution in [3.63, 3.8) is 0 Å². The first-order valence-electron chi connectivity index (χ1n) is 6.66. The number of nitriles is 1. The maximum atomic E-state index is 9.06. The first-order valence-corrected chi connectivity index (χ1v) is 6.66. The molecule has 1 aromatic heterocycles. The Morgan fingerprint density at radius 3 is 2.90 bits per heavy atom. The maximum absolute atomic E-state index is 9.06. The first kappa shape index (κ1) is 13.8. The zero-order valence-electron chi connectivity index (χ0n) is 11.4. The molecular weight excluding hydrogens is 250 g/mol. The standard InChI is InChI=1S/C15H17N5/c1-2-3-9-17-15-18-10-8-14(20-15)19-13-7-5-4-6-12(13)11-16/h4-8,10H,2-3,9H2,1H3,(H2,17,18,19,20). The van der Waals surface area contributed by atoms with Crippen molar-refractivity contribution >= 4 is 17.5 Å². The summed E-state index contributed by atoms with van der Waals surface area (Å²) in [6.45, 7) is 2.99. The maximum Gasteiger partial charge on any atom is 0.224 e. The topological polar surface area (TPSA) is 73.6 Å². The molecule has 1 aromatic carbocycles. The van der Waals surface area contributed by atoms with Crippen LogP contribution in [0.2, 0.25) is 0 Å². The van der Waals surface area contributed by atoms with E-state index in [4.69, 9.17) is 5.26 Å². The molecule has 102 valence electrons. The highest BCUT2D eigenvalue weighted by molar-refractivity contribution is 5.64. The van der Waals surface area contributed by atoms with E-state index >= 15 is 0 Å². The van der Waals surface area contributed by atoms with E-state index in [2.05, 4.69) is 33.6 Å². The van der Waals surface area contributed by atoms with E-state index in [0.717, 1.165) is 25.1 Å². The zero-order chi connectivity index (χ0) is 14.2. The number of benzene rings is 1. The van der Waals surface area contributed by atoms with Gasteiger partial charge in [0.25, 0.3) is 0 Å². The van der Waals surface area contributed by atoms with Crippen molar-refractivity contribution in [2.75, 3.05) is 17.2 Å². The molecule has 2 aromatic rings. The Kier molecular flexibility index (Phi) is 4.90. The number of unbranched alkanes of at least 4 members (excludes halogenated alkanes) is 1. The van der Waals surface area contributed by atoms with E-state index in [-0.39, 0.29) is 0 Å². The average Bonchev–Trinajstić information content (AvgIpc) is 2.48. The van der Waals surface area contributed by atoms with Crippen LogP contribution in [0.4, 0.5) is 17.5 Å². The molecule has 0 aliphatic heterocycles. The third kappa shape index (κ3) is 3.69. The van der Waals surface area contributed by atoms with Crippen LogP contribution < -0.4 is 10.6 Å². The van der Waals surface area contributed by atoms with Crippen LogP contribution in [0.5, 0.6) is 0 Å². The predicted octanol–water partition coefficient (Wildman–Crippen LogP) is 3.30. The number of hydrogen-bond acceptors (Lipinski definition) is 5. The molecule has 0 fully saturated rings. The van der Waals surface area contributed by atoms with Crippen LogP contribution in [0.15, 0.2) is 36.5 Å². The molecule has 0 spiro atoms. The van der Waals surface area contributed by atoms with Crippen LogP contribution in [0.1, 0.15) is 25.3 Å². The van der Waals surface area contributed by atoms with Gasteiger partial charge in [-0.3, -0.25) is 0 Å². The van der Waals surface area contributed by atoms with Crippen molar-refractivity contribution in [3.05, 3.63) is 42.1 Å². The fraction of sp³-hybridized carbons (Fsp3) is 0.267. The van der Waals surface area contributed by atoms with Crippen LogP contribution in [0, 0.1) is 11.3 Å². The minimum atomic E-state index is 0.589. The Bertz CT molecular complexity index is 603. The number of rotatable bonds is 6. The van der Waals surface area contributed by atoms with E-state index in [0.29, 0.717) is 17.3 Å². The van der Waals surface area contributed by atoms with Gasteiger partial charge in [-0.1, -0.05) is 25.5 Å². The summed E-state index contributed by atoms with van der Waals surface area (Å²) >= 11 is 0. The number of nitrogens with one attached hydrogen (secondary N) is 2. The molecule has 0 bridgehead atoms. The molecule has 5 nitrogen and oxygen atoms in total. The molecule has 0 unspecified atom stereocenters. The van der Waals surface area contributed by atoms with Gasteiger partial charge < -0.3 is 10.6 Å². The molecule has 2 rings (SSSR count). The largest absolute Gasteiger partial charge is 0.354 e. The van der Waals surface area contributed by atoms with Gasteiger partial charge in [0, 0.05) is 12.7 Å². The predicted molar refractivity (Wildman–Crippen MR) is 79.9 cm³/mol. The van der Waals surface area contributed by atoms with Crippen molar-refractivity contribution in [3.8, 4) is 6.07 Å². The van der Waals surface area contributed by atoms with Gasteiger partial charge in [0.15, 0.2) is 0 Å². The highest BCUT2D eigenvalue weighted by atomic mass is 15.1. The van der Waals surface area contributed by atoms with Crippen LogP contribution in [0.25, 0.3) is 0 Å². The SMILES string of the molecule is CCCCNc1nccc(Nc2ccccc2C#N)n1. The minimum Gasteiger partial charge on any atom is -0.354 e. The summed E-state index contributed by atoms with van der Waals surface area (Å²) in [5.41, 5.74) is 1.33. The second kappa shape index (κ2) is 7.10. The van der Waals surface area contributed by atoms with E-state index < -0.39 is 0 Å². The van der Waals surface area contributed by atoms with Crippen LogP contribution in [-0.4, -0.2) is 16.5 Å². The van der Waals surface area contributed by atoms with Gasteiger partial charge in [0.2, 0.25) is 5.95 Å². The summed E-state index contributed by atoms with van der Waals surface area (Å²) in [4.78, 5) is 8.54.